The predicted octanol–water partition coefficient (Wildman–Crippen LogP) is 2.95. The van der Waals surface area contributed by atoms with Crippen LogP contribution < -0.4 is 10.1 Å². The first-order chi connectivity index (χ1) is 9.80. The van der Waals surface area contributed by atoms with E-state index in [1.165, 1.54) is 32.1 Å². The van der Waals surface area contributed by atoms with Crippen molar-refractivity contribution in [1.82, 2.24) is 10.3 Å². The number of hydrogen-bond acceptors (Lipinski definition) is 4. The molecule has 1 aromatic rings. The molecule has 1 fully saturated rings. The number of likely N-dealkylation sites (N-methyl/N-ethyl adjacent to an activating group) is 1. The molecule has 2 atom stereocenters. The van der Waals surface area contributed by atoms with Gasteiger partial charge in [0, 0.05) is 13.3 Å². The molecule has 4 heteroatoms. The summed E-state index contributed by atoms with van der Waals surface area (Å²) in [6, 6.07) is 2.20. The second-order valence-electron chi connectivity index (χ2n) is 5.52. The van der Waals surface area contributed by atoms with E-state index in [1.807, 2.05) is 26.4 Å². The van der Waals surface area contributed by atoms with Gasteiger partial charge in [-0.25, -0.2) is 0 Å². The Morgan fingerprint density at radius 3 is 2.55 bits per heavy atom. The molecule has 1 aromatic heterocycles. The zero-order valence-corrected chi connectivity index (χ0v) is 12.8. The van der Waals surface area contributed by atoms with Crippen LogP contribution in [0.5, 0.6) is 5.75 Å². The summed E-state index contributed by atoms with van der Waals surface area (Å²) >= 11 is 0. The molecule has 0 saturated heterocycles. The van der Waals surface area contributed by atoms with Crippen molar-refractivity contribution >= 4 is 0 Å². The van der Waals surface area contributed by atoms with Crippen molar-refractivity contribution < 1.29 is 9.47 Å². The van der Waals surface area contributed by atoms with Gasteiger partial charge >= 0.3 is 0 Å². The second kappa shape index (κ2) is 7.60. The first-order valence-corrected chi connectivity index (χ1v) is 7.49. The number of pyridine rings is 1. The van der Waals surface area contributed by atoms with Gasteiger partial charge in [0.1, 0.15) is 5.75 Å². The predicted molar refractivity (Wildman–Crippen MR) is 80.0 cm³/mol. The van der Waals surface area contributed by atoms with Crippen LogP contribution in [0, 0.1) is 5.92 Å². The molecule has 20 heavy (non-hydrogen) atoms. The van der Waals surface area contributed by atoms with E-state index in [1.54, 1.807) is 13.3 Å². The summed E-state index contributed by atoms with van der Waals surface area (Å²) in [5.41, 5.74) is 1.13. The summed E-state index contributed by atoms with van der Waals surface area (Å²) in [7, 11) is 5.47. The molecular formula is C16H26N2O2. The summed E-state index contributed by atoms with van der Waals surface area (Å²) in [6.45, 7) is 0. The summed E-state index contributed by atoms with van der Waals surface area (Å²) in [4.78, 5) is 4.27. The number of aromatic nitrogens is 1. The first-order valence-electron chi connectivity index (χ1n) is 7.49. The third-order valence-corrected chi connectivity index (χ3v) is 4.36. The van der Waals surface area contributed by atoms with Crippen LogP contribution in [0.3, 0.4) is 0 Å². The van der Waals surface area contributed by atoms with E-state index >= 15 is 0 Å². The third-order valence-electron chi connectivity index (χ3n) is 4.36. The largest absolute Gasteiger partial charge is 0.495 e. The van der Waals surface area contributed by atoms with Crippen molar-refractivity contribution in [3.05, 3.63) is 24.0 Å². The standard InChI is InChI=1S/C16H26N2O2/c1-17-15(13-9-14(19-2)11-18-10-13)16(20-3)12-7-5-4-6-8-12/h9-12,15-17H,4-8H2,1-3H3. The van der Waals surface area contributed by atoms with Crippen LogP contribution in [0.15, 0.2) is 18.5 Å². The fourth-order valence-electron chi connectivity index (χ4n) is 3.30. The first kappa shape index (κ1) is 15.3. The highest BCUT2D eigenvalue weighted by atomic mass is 16.5. The second-order valence-corrected chi connectivity index (χ2v) is 5.52. The van der Waals surface area contributed by atoms with Gasteiger partial charge < -0.3 is 14.8 Å². The maximum Gasteiger partial charge on any atom is 0.137 e. The number of ether oxygens (including phenoxy) is 2. The lowest BCUT2D eigenvalue weighted by molar-refractivity contribution is 0.00929. The topological polar surface area (TPSA) is 43.4 Å². The number of nitrogens with zero attached hydrogens (tertiary/aromatic N) is 1. The van der Waals surface area contributed by atoms with Crippen molar-refractivity contribution in [3.63, 3.8) is 0 Å². The molecule has 1 N–H and O–H groups in total. The van der Waals surface area contributed by atoms with Gasteiger partial charge in [-0.1, -0.05) is 19.3 Å². The molecule has 0 bridgehead atoms. The molecule has 0 radical (unpaired) electrons. The van der Waals surface area contributed by atoms with Gasteiger partial charge in [0.05, 0.1) is 25.5 Å². The maximum absolute atomic E-state index is 5.84. The van der Waals surface area contributed by atoms with E-state index in [2.05, 4.69) is 10.3 Å². The average molecular weight is 278 g/mol. The minimum Gasteiger partial charge on any atom is -0.495 e. The summed E-state index contributed by atoms with van der Waals surface area (Å²) in [5, 5.41) is 3.40. The van der Waals surface area contributed by atoms with Gasteiger partial charge in [-0.05, 0) is 37.4 Å². The molecule has 0 aliphatic heterocycles. The number of methoxy groups -OCH3 is 2. The minimum atomic E-state index is 0.158. The van der Waals surface area contributed by atoms with Gasteiger partial charge in [0.2, 0.25) is 0 Å². The van der Waals surface area contributed by atoms with Crippen LogP contribution in [0.4, 0.5) is 0 Å². The molecule has 1 aliphatic rings. The van der Waals surface area contributed by atoms with E-state index in [9.17, 15) is 0 Å². The van der Waals surface area contributed by atoms with Crippen molar-refractivity contribution in [2.75, 3.05) is 21.3 Å². The van der Waals surface area contributed by atoms with E-state index < -0.39 is 0 Å². The van der Waals surface area contributed by atoms with Gasteiger partial charge in [0.25, 0.3) is 0 Å². The Morgan fingerprint density at radius 1 is 1.20 bits per heavy atom. The molecule has 0 amide bonds. The third kappa shape index (κ3) is 3.49. The zero-order valence-electron chi connectivity index (χ0n) is 12.8. The highest BCUT2D eigenvalue weighted by Crippen LogP contribution is 2.34. The van der Waals surface area contributed by atoms with Crippen molar-refractivity contribution in [2.24, 2.45) is 5.92 Å². The van der Waals surface area contributed by atoms with Crippen molar-refractivity contribution in [2.45, 2.75) is 44.2 Å². The van der Waals surface area contributed by atoms with E-state index in [-0.39, 0.29) is 12.1 Å². The summed E-state index contributed by atoms with van der Waals surface area (Å²) < 4.78 is 11.1. The van der Waals surface area contributed by atoms with Gasteiger partial charge in [-0.3, -0.25) is 4.98 Å². The van der Waals surface area contributed by atoms with Crippen LogP contribution in [-0.4, -0.2) is 32.4 Å². The lowest BCUT2D eigenvalue weighted by Gasteiger charge is -2.35. The fraction of sp³-hybridized carbons (Fsp3) is 0.688. The fourth-order valence-corrected chi connectivity index (χ4v) is 3.30. The van der Waals surface area contributed by atoms with E-state index in [4.69, 9.17) is 9.47 Å². The lowest BCUT2D eigenvalue weighted by Crippen LogP contribution is -2.37. The molecule has 112 valence electrons. The number of nitrogens with one attached hydrogen (secondary N) is 1. The van der Waals surface area contributed by atoms with Crippen LogP contribution in [0.25, 0.3) is 0 Å². The zero-order chi connectivity index (χ0) is 14.4. The molecule has 1 saturated carbocycles. The monoisotopic (exact) mass is 278 g/mol. The smallest absolute Gasteiger partial charge is 0.137 e. The Bertz CT molecular complexity index is 405. The van der Waals surface area contributed by atoms with E-state index in [0.29, 0.717) is 5.92 Å². The van der Waals surface area contributed by atoms with Crippen molar-refractivity contribution in [1.29, 1.82) is 0 Å². The molecule has 1 aliphatic carbocycles. The Balaban J connectivity index is 2.18. The summed E-state index contributed by atoms with van der Waals surface area (Å²) in [5.74, 6) is 1.42. The Labute approximate surface area is 121 Å². The van der Waals surface area contributed by atoms with Crippen LogP contribution in [0.2, 0.25) is 0 Å². The summed E-state index contributed by atoms with van der Waals surface area (Å²) in [6.07, 6.45) is 10.3. The number of rotatable bonds is 6. The van der Waals surface area contributed by atoms with Crippen molar-refractivity contribution in [3.8, 4) is 5.75 Å². The SMILES string of the molecule is CNC(c1cncc(OC)c1)C(OC)C1CCCCC1. The van der Waals surface area contributed by atoms with Gasteiger partial charge in [-0.15, -0.1) is 0 Å². The normalized spacial score (nSPS) is 19.6. The van der Waals surface area contributed by atoms with Gasteiger partial charge in [-0.2, -0.15) is 0 Å². The highest BCUT2D eigenvalue weighted by Gasteiger charge is 2.31. The quantitative estimate of drug-likeness (QED) is 0.869. The van der Waals surface area contributed by atoms with Crippen LogP contribution in [0.1, 0.15) is 43.7 Å². The number of hydrogen-bond donors (Lipinski definition) is 1. The molecule has 4 nitrogen and oxygen atoms in total. The molecule has 0 spiro atoms. The Morgan fingerprint density at radius 2 is 1.95 bits per heavy atom. The van der Waals surface area contributed by atoms with E-state index in [0.717, 1.165) is 11.3 Å². The van der Waals surface area contributed by atoms with Gasteiger partial charge in [0.15, 0.2) is 0 Å². The molecular weight excluding hydrogens is 252 g/mol. The Hall–Kier alpha value is -1.13. The lowest BCUT2D eigenvalue weighted by atomic mass is 9.81. The molecule has 1 heterocycles. The molecule has 2 unspecified atom stereocenters. The average Bonchev–Trinajstić information content (AvgIpc) is 2.53. The Kier molecular flexibility index (Phi) is 5.80. The van der Waals surface area contributed by atoms with Crippen LogP contribution >= 0.6 is 0 Å². The minimum absolute atomic E-state index is 0.158. The molecule has 2 rings (SSSR count). The van der Waals surface area contributed by atoms with Crippen LogP contribution in [-0.2, 0) is 4.74 Å². The highest BCUT2D eigenvalue weighted by molar-refractivity contribution is 5.26. The molecule has 0 aromatic carbocycles. The maximum atomic E-state index is 5.84.